The van der Waals surface area contributed by atoms with Crippen molar-refractivity contribution in [3.8, 4) is 0 Å². The zero-order chi connectivity index (χ0) is 22.2. The second-order valence-corrected chi connectivity index (χ2v) is 10.7. The van der Waals surface area contributed by atoms with Gasteiger partial charge in [0.15, 0.2) is 0 Å². The lowest BCUT2D eigenvalue weighted by Gasteiger charge is -2.42. The summed E-state index contributed by atoms with van der Waals surface area (Å²) in [5, 5.41) is 1.10. The van der Waals surface area contributed by atoms with Gasteiger partial charge in [0.05, 0.1) is 10.2 Å². The maximum Gasteiger partial charge on any atom is 0.225 e. The lowest BCUT2D eigenvalue weighted by molar-refractivity contribution is -0.138. The van der Waals surface area contributed by atoms with Crippen LogP contribution in [0, 0.1) is 5.92 Å². The van der Waals surface area contributed by atoms with Gasteiger partial charge >= 0.3 is 0 Å². The van der Waals surface area contributed by atoms with Gasteiger partial charge in [-0.25, -0.2) is 15.0 Å². The molecule has 1 amide bonds. The molecule has 5 heterocycles. The second-order valence-electron chi connectivity index (χ2n) is 9.75. The molecule has 0 atom stereocenters. The zero-order valence-electron chi connectivity index (χ0n) is 19.2. The van der Waals surface area contributed by atoms with Gasteiger partial charge in [0.2, 0.25) is 5.91 Å². The Bertz CT molecular complexity index is 1130. The number of rotatable bonds is 3. The third-order valence-corrected chi connectivity index (χ3v) is 8.97. The SMILES string of the molecule is O=C(C1CCN(c2ncnc3c2sc2ncccc23)CC1)N1CCN(C2CCCCC2)CC1. The third kappa shape index (κ3) is 4.08. The minimum absolute atomic E-state index is 0.142. The highest BCUT2D eigenvalue weighted by molar-refractivity contribution is 7.25. The first-order valence-corrected chi connectivity index (χ1v) is 13.4. The first kappa shape index (κ1) is 21.2. The van der Waals surface area contributed by atoms with Crippen molar-refractivity contribution < 1.29 is 4.79 Å². The largest absolute Gasteiger partial charge is 0.355 e. The number of carbonyl (C=O) groups is 1. The van der Waals surface area contributed by atoms with E-state index < -0.39 is 0 Å². The quantitative estimate of drug-likeness (QED) is 0.585. The number of nitrogens with zero attached hydrogens (tertiary/aromatic N) is 6. The fourth-order valence-corrected chi connectivity index (χ4v) is 7.09. The van der Waals surface area contributed by atoms with Gasteiger partial charge < -0.3 is 9.80 Å². The van der Waals surface area contributed by atoms with E-state index in [-0.39, 0.29) is 5.92 Å². The minimum atomic E-state index is 0.142. The van der Waals surface area contributed by atoms with E-state index in [1.807, 2.05) is 12.3 Å². The van der Waals surface area contributed by atoms with Crippen molar-refractivity contribution in [3.05, 3.63) is 24.7 Å². The summed E-state index contributed by atoms with van der Waals surface area (Å²) in [5.74, 6) is 1.51. The van der Waals surface area contributed by atoms with E-state index in [9.17, 15) is 4.79 Å². The van der Waals surface area contributed by atoms with Crippen molar-refractivity contribution in [2.75, 3.05) is 44.2 Å². The molecule has 3 aromatic rings. The van der Waals surface area contributed by atoms with Crippen LogP contribution in [0.3, 0.4) is 0 Å². The van der Waals surface area contributed by atoms with E-state index in [0.29, 0.717) is 5.91 Å². The molecule has 0 bridgehead atoms. The molecule has 6 rings (SSSR count). The smallest absolute Gasteiger partial charge is 0.225 e. The van der Waals surface area contributed by atoms with Crippen LogP contribution in [0.25, 0.3) is 20.4 Å². The number of anilines is 1. The molecule has 0 aromatic carbocycles. The topological polar surface area (TPSA) is 65.5 Å². The maximum atomic E-state index is 13.3. The van der Waals surface area contributed by atoms with Gasteiger partial charge in [-0.2, -0.15) is 0 Å². The van der Waals surface area contributed by atoms with Crippen molar-refractivity contribution in [1.29, 1.82) is 0 Å². The Morgan fingerprint density at radius 1 is 0.909 bits per heavy atom. The first-order chi connectivity index (χ1) is 16.3. The summed E-state index contributed by atoms with van der Waals surface area (Å²) < 4.78 is 1.11. The van der Waals surface area contributed by atoms with Gasteiger partial charge in [0.25, 0.3) is 0 Å². The number of thiophene rings is 1. The van der Waals surface area contributed by atoms with Crippen molar-refractivity contribution >= 4 is 43.5 Å². The van der Waals surface area contributed by atoms with E-state index in [0.717, 1.165) is 84.4 Å². The fraction of sp³-hybridized carbons (Fsp3) is 0.600. The van der Waals surface area contributed by atoms with E-state index in [1.165, 1.54) is 32.1 Å². The Balaban J connectivity index is 1.08. The van der Waals surface area contributed by atoms with Crippen LogP contribution in [-0.2, 0) is 4.79 Å². The van der Waals surface area contributed by atoms with Crippen molar-refractivity contribution in [3.63, 3.8) is 0 Å². The molecular formula is C25H32N6OS. The van der Waals surface area contributed by atoms with Gasteiger partial charge in [0.1, 0.15) is 17.0 Å². The summed E-state index contributed by atoms with van der Waals surface area (Å²) in [4.78, 5) is 35.1. The molecule has 2 saturated heterocycles. The summed E-state index contributed by atoms with van der Waals surface area (Å²) in [5.41, 5.74) is 0.988. The van der Waals surface area contributed by atoms with Crippen molar-refractivity contribution in [2.24, 2.45) is 5.92 Å². The van der Waals surface area contributed by atoms with Crippen LogP contribution < -0.4 is 4.90 Å². The summed E-state index contributed by atoms with van der Waals surface area (Å²) >= 11 is 1.67. The van der Waals surface area contributed by atoms with Gasteiger partial charge in [-0.05, 0) is 37.8 Å². The van der Waals surface area contributed by atoms with Crippen LogP contribution in [0.5, 0.6) is 0 Å². The minimum Gasteiger partial charge on any atom is -0.355 e. The Labute approximate surface area is 198 Å². The molecule has 0 radical (unpaired) electrons. The summed E-state index contributed by atoms with van der Waals surface area (Å²) in [6.07, 6.45) is 12.1. The number of hydrogen-bond acceptors (Lipinski definition) is 7. The summed E-state index contributed by atoms with van der Waals surface area (Å²) in [7, 11) is 0. The molecule has 1 saturated carbocycles. The number of fused-ring (bicyclic) bond motifs is 3. The monoisotopic (exact) mass is 464 g/mol. The predicted molar refractivity (Wildman–Crippen MR) is 133 cm³/mol. The normalized spacial score (nSPS) is 21.8. The lowest BCUT2D eigenvalue weighted by atomic mass is 9.93. The van der Waals surface area contributed by atoms with E-state index in [4.69, 9.17) is 0 Å². The molecule has 8 heteroatoms. The van der Waals surface area contributed by atoms with E-state index in [1.54, 1.807) is 17.7 Å². The van der Waals surface area contributed by atoms with E-state index >= 15 is 0 Å². The molecule has 1 aliphatic carbocycles. The highest BCUT2D eigenvalue weighted by atomic mass is 32.1. The molecule has 0 unspecified atom stereocenters. The van der Waals surface area contributed by atoms with Crippen LogP contribution in [0.15, 0.2) is 24.7 Å². The molecule has 3 aliphatic rings. The predicted octanol–water partition coefficient (Wildman–Crippen LogP) is 3.93. The van der Waals surface area contributed by atoms with Gasteiger partial charge in [-0.3, -0.25) is 9.69 Å². The molecule has 7 nitrogen and oxygen atoms in total. The van der Waals surface area contributed by atoms with Crippen LogP contribution in [0.4, 0.5) is 5.82 Å². The Hall–Kier alpha value is -2.32. The highest BCUT2D eigenvalue weighted by Crippen LogP contribution is 2.37. The van der Waals surface area contributed by atoms with Gasteiger partial charge in [-0.1, -0.05) is 19.3 Å². The number of piperidine rings is 1. The van der Waals surface area contributed by atoms with Crippen molar-refractivity contribution in [2.45, 2.75) is 51.0 Å². The molecule has 33 heavy (non-hydrogen) atoms. The number of pyridine rings is 1. The maximum absolute atomic E-state index is 13.3. The molecule has 3 aromatic heterocycles. The first-order valence-electron chi connectivity index (χ1n) is 12.5. The molecule has 174 valence electrons. The second kappa shape index (κ2) is 9.14. The Kier molecular flexibility index (Phi) is 5.88. The number of hydrogen-bond donors (Lipinski definition) is 0. The average molecular weight is 465 g/mol. The number of piperazine rings is 1. The molecular weight excluding hydrogens is 432 g/mol. The molecule has 0 spiro atoms. The zero-order valence-corrected chi connectivity index (χ0v) is 20.0. The fourth-order valence-electron chi connectivity index (χ4n) is 5.97. The van der Waals surface area contributed by atoms with Crippen molar-refractivity contribution in [1.82, 2.24) is 24.8 Å². The van der Waals surface area contributed by atoms with Gasteiger partial charge in [-0.15, -0.1) is 11.3 Å². The number of aromatic nitrogens is 3. The number of amides is 1. The Morgan fingerprint density at radius 3 is 2.48 bits per heavy atom. The molecule has 0 N–H and O–H groups in total. The van der Waals surface area contributed by atoms with Crippen LogP contribution in [0.1, 0.15) is 44.9 Å². The molecule has 2 aliphatic heterocycles. The van der Waals surface area contributed by atoms with Crippen LogP contribution in [0.2, 0.25) is 0 Å². The average Bonchev–Trinajstić information content (AvgIpc) is 3.28. The summed E-state index contributed by atoms with van der Waals surface area (Å²) in [6.45, 7) is 5.63. The van der Waals surface area contributed by atoms with Crippen LogP contribution >= 0.6 is 11.3 Å². The lowest BCUT2D eigenvalue weighted by Crippen LogP contribution is -2.54. The summed E-state index contributed by atoms with van der Waals surface area (Å²) in [6, 6.07) is 4.80. The Morgan fingerprint density at radius 2 is 1.70 bits per heavy atom. The number of carbonyl (C=O) groups excluding carboxylic acids is 1. The van der Waals surface area contributed by atoms with E-state index in [2.05, 4.69) is 35.7 Å². The highest BCUT2D eigenvalue weighted by Gasteiger charge is 2.33. The third-order valence-electron chi connectivity index (χ3n) is 7.87. The van der Waals surface area contributed by atoms with Crippen LogP contribution in [-0.4, -0.2) is 76.0 Å². The molecule has 3 fully saturated rings. The standard InChI is InChI=1S/C25H32N6OS/c32-25(31-15-13-29(14-16-31)19-5-2-1-3-6-19)18-8-11-30(12-9-18)23-22-21(27-17-28-23)20-7-4-10-26-24(20)33-22/h4,7,10,17-19H,1-3,5-6,8-9,11-16H2. The van der Waals surface area contributed by atoms with Gasteiger partial charge in [0, 0.05) is 62.8 Å².